The van der Waals surface area contributed by atoms with Gasteiger partial charge in [-0.1, -0.05) is 12.1 Å². The number of carbonyl (C=O) groups excluding carboxylic acids is 1. The molecule has 1 amide bonds. The summed E-state index contributed by atoms with van der Waals surface area (Å²) >= 11 is 0. The van der Waals surface area contributed by atoms with Gasteiger partial charge in [-0.2, -0.15) is 0 Å². The van der Waals surface area contributed by atoms with Gasteiger partial charge in [0.1, 0.15) is 0 Å². The van der Waals surface area contributed by atoms with Crippen molar-refractivity contribution in [2.75, 3.05) is 39.3 Å². The Bertz CT molecular complexity index is 896. The van der Waals surface area contributed by atoms with Crippen LogP contribution in [0.1, 0.15) is 24.8 Å². The van der Waals surface area contributed by atoms with Gasteiger partial charge in [-0.15, -0.1) is 0 Å². The molecule has 28 heavy (non-hydrogen) atoms. The zero-order valence-electron chi connectivity index (χ0n) is 16.5. The van der Waals surface area contributed by atoms with E-state index in [1.54, 1.807) is 17.0 Å². The van der Waals surface area contributed by atoms with Crippen molar-refractivity contribution in [1.82, 2.24) is 19.4 Å². The SMILES string of the molecule is Cc1cccc2c(=O)n(CCC(=O)N3CCN(CC4CCCO4)CC3)cnc12. The first-order valence-corrected chi connectivity index (χ1v) is 10.2. The van der Waals surface area contributed by atoms with Crippen molar-refractivity contribution in [1.29, 1.82) is 0 Å². The fraction of sp³-hybridized carbons (Fsp3) is 0.571. The number of hydrogen-bond acceptors (Lipinski definition) is 5. The van der Waals surface area contributed by atoms with Crippen molar-refractivity contribution in [2.45, 2.75) is 38.8 Å². The van der Waals surface area contributed by atoms with Crippen LogP contribution in [0.3, 0.4) is 0 Å². The summed E-state index contributed by atoms with van der Waals surface area (Å²) in [5.41, 5.74) is 1.64. The van der Waals surface area contributed by atoms with Gasteiger partial charge >= 0.3 is 0 Å². The molecule has 3 heterocycles. The second-order valence-corrected chi connectivity index (χ2v) is 7.78. The van der Waals surface area contributed by atoms with Crippen molar-refractivity contribution in [3.63, 3.8) is 0 Å². The van der Waals surface area contributed by atoms with E-state index in [0.717, 1.165) is 63.3 Å². The van der Waals surface area contributed by atoms with Gasteiger partial charge in [0.25, 0.3) is 5.56 Å². The molecule has 1 aromatic carbocycles. The molecule has 0 N–H and O–H groups in total. The van der Waals surface area contributed by atoms with Gasteiger partial charge in [-0.05, 0) is 31.4 Å². The minimum absolute atomic E-state index is 0.0807. The number of ether oxygens (including phenoxy) is 1. The van der Waals surface area contributed by atoms with Gasteiger partial charge in [0, 0.05) is 52.3 Å². The van der Waals surface area contributed by atoms with E-state index in [4.69, 9.17) is 4.74 Å². The minimum Gasteiger partial charge on any atom is -0.377 e. The molecule has 2 aliphatic rings. The molecule has 2 aliphatic heterocycles. The van der Waals surface area contributed by atoms with E-state index in [-0.39, 0.29) is 11.5 Å². The molecule has 2 saturated heterocycles. The van der Waals surface area contributed by atoms with E-state index in [9.17, 15) is 9.59 Å². The molecule has 1 atom stereocenters. The molecular weight excluding hydrogens is 356 g/mol. The third-order valence-electron chi connectivity index (χ3n) is 5.83. The molecule has 0 aliphatic carbocycles. The van der Waals surface area contributed by atoms with Crippen LogP contribution in [0.15, 0.2) is 29.3 Å². The Morgan fingerprint density at radius 3 is 2.82 bits per heavy atom. The Morgan fingerprint density at radius 1 is 1.25 bits per heavy atom. The van der Waals surface area contributed by atoms with E-state index in [0.29, 0.717) is 24.5 Å². The van der Waals surface area contributed by atoms with E-state index in [2.05, 4.69) is 9.88 Å². The van der Waals surface area contributed by atoms with Crippen molar-refractivity contribution in [3.05, 3.63) is 40.4 Å². The molecule has 7 nitrogen and oxygen atoms in total. The summed E-state index contributed by atoms with van der Waals surface area (Å²) in [7, 11) is 0. The lowest BCUT2D eigenvalue weighted by molar-refractivity contribution is -0.133. The third-order valence-corrected chi connectivity index (χ3v) is 5.83. The fourth-order valence-electron chi connectivity index (χ4n) is 4.13. The fourth-order valence-corrected chi connectivity index (χ4v) is 4.13. The van der Waals surface area contributed by atoms with Gasteiger partial charge in [0.2, 0.25) is 5.91 Å². The van der Waals surface area contributed by atoms with E-state index in [1.165, 1.54) is 0 Å². The molecule has 0 radical (unpaired) electrons. The maximum atomic E-state index is 12.7. The van der Waals surface area contributed by atoms with Crippen LogP contribution in [0.2, 0.25) is 0 Å². The van der Waals surface area contributed by atoms with Crippen LogP contribution in [0, 0.1) is 6.92 Å². The Balaban J connectivity index is 1.31. The lowest BCUT2D eigenvalue weighted by atomic mass is 10.1. The average molecular weight is 384 g/mol. The Kier molecular flexibility index (Phi) is 5.73. The van der Waals surface area contributed by atoms with Crippen LogP contribution in [-0.2, 0) is 16.1 Å². The summed E-state index contributed by atoms with van der Waals surface area (Å²) in [5, 5.41) is 0.609. The second kappa shape index (κ2) is 8.41. The summed E-state index contributed by atoms with van der Waals surface area (Å²) in [5.74, 6) is 0.105. The van der Waals surface area contributed by atoms with Gasteiger partial charge in [-0.3, -0.25) is 19.1 Å². The molecule has 0 spiro atoms. The zero-order valence-corrected chi connectivity index (χ0v) is 16.5. The number of rotatable bonds is 5. The number of benzene rings is 1. The summed E-state index contributed by atoms with van der Waals surface area (Å²) in [6, 6.07) is 5.61. The number of amides is 1. The first-order chi connectivity index (χ1) is 13.6. The number of nitrogens with zero attached hydrogens (tertiary/aromatic N) is 4. The lowest BCUT2D eigenvalue weighted by Gasteiger charge is -2.35. The molecule has 1 aromatic heterocycles. The Morgan fingerprint density at radius 2 is 2.07 bits per heavy atom. The largest absolute Gasteiger partial charge is 0.377 e. The summed E-state index contributed by atoms with van der Waals surface area (Å²) < 4.78 is 7.26. The van der Waals surface area contributed by atoms with Crippen molar-refractivity contribution >= 4 is 16.8 Å². The van der Waals surface area contributed by atoms with Crippen LogP contribution < -0.4 is 5.56 Å². The highest BCUT2D eigenvalue weighted by Crippen LogP contribution is 2.15. The smallest absolute Gasteiger partial charge is 0.261 e. The number of aryl methyl sites for hydroxylation is 2. The Hall–Kier alpha value is -2.25. The number of piperazine rings is 1. The zero-order chi connectivity index (χ0) is 19.5. The van der Waals surface area contributed by atoms with Gasteiger partial charge in [-0.25, -0.2) is 4.98 Å². The Labute approximate surface area is 164 Å². The van der Waals surface area contributed by atoms with Crippen LogP contribution in [0.5, 0.6) is 0 Å². The van der Waals surface area contributed by atoms with Gasteiger partial charge in [0.05, 0.1) is 23.3 Å². The molecule has 1 unspecified atom stereocenters. The first-order valence-electron chi connectivity index (χ1n) is 10.2. The predicted molar refractivity (Wildman–Crippen MR) is 107 cm³/mol. The predicted octanol–water partition coefficient (Wildman–Crippen LogP) is 1.42. The summed E-state index contributed by atoms with van der Waals surface area (Å²) in [4.78, 5) is 34.0. The molecule has 7 heteroatoms. The molecule has 2 aromatic rings. The monoisotopic (exact) mass is 384 g/mol. The maximum absolute atomic E-state index is 12.7. The van der Waals surface area contributed by atoms with E-state index < -0.39 is 0 Å². The molecule has 2 fully saturated rings. The van der Waals surface area contributed by atoms with Crippen LogP contribution in [0.25, 0.3) is 10.9 Å². The van der Waals surface area contributed by atoms with Crippen LogP contribution >= 0.6 is 0 Å². The molecule has 150 valence electrons. The lowest BCUT2D eigenvalue weighted by Crippen LogP contribution is -2.50. The van der Waals surface area contributed by atoms with Crippen molar-refractivity contribution < 1.29 is 9.53 Å². The van der Waals surface area contributed by atoms with Crippen LogP contribution in [0.4, 0.5) is 0 Å². The molecule has 4 rings (SSSR count). The highest BCUT2D eigenvalue weighted by atomic mass is 16.5. The van der Waals surface area contributed by atoms with E-state index >= 15 is 0 Å². The average Bonchev–Trinajstić information content (AvgIpc) is 3.21. The number of hydrogen-bond donors (Lipinski definition) is 0. The third kappa shape index (κ3) is 4.10. The summed E-state index contributed by atoms with van der Waals surface area (Å²) in [6.07, 6.45) is 4.55. The minimum atomic E-state index is -0.0807. The number of fused-ring (bicyclic) bond motifs is 1. The molecule has 0 bridgehead atoms. The highest BCUT2D eigenvalue weighted by molar-refractivity contribution is 5.80. The van der Waals surface area contributed by atoms with Gasteiger partial charge in [0.15, 0.2) is 0 Å². The number of carbonyl (C=O) groups is 1. The first kappa shape index (κ1) is 19.1. The van der Waals surface area contributed by atoms with Gasteiger partial charge < -0.3 is 9.64 Å². The highest BCUT2D eigenvalue weighted by Gasteiger charge is 2.24. The maximum Gasteiger partial charge on any atom is 0.261 e. The topological polar surface area (TPSA) is 67.7 Å². The quantitative estimate of drug-likeness (QED) is 0.780. The number of para-hydroxylation sites is 1. The standard InChI is InChI=1S/C21H28N4O3/c1-16-4-2-6-18-20(16)22-15-25(21(18)27)8-7-19(26)24-11-9-23(10-12-24)14-17-5-3-13-28-17/h2,4,6,15,17H,3,5,7-14H2,1H3. The van der Waals surface area contributed by atoms with E-state index in [1.807, 2.05) is 24.0 Å². The second-order valence-electron chi connectivity index (χ2n) is 7.78. The number of aromatic nitrogens is 2. The van der Waals surface area contributed by atoms with Crippen molar-refractivity contribution in [3.8, 4) is 0 Å². The van der Waals surface area contributed by atoms with Crippen LogP contribution in [-0.4, -0.2) is 70.7 Å². The normalized spacial score (nSPS) is 20.8. The molecular formula is C21H28N4O3. The summed E-state index contributed by atoms with van der Waals surface area (Å²) in [6.45, 7) is 7.44. The van der Waals surface area contributed by atoms with Crippen molar-refractivity contribution in [2.24, 2.45) is 0 Å². The molecule has 0 saturated carbocycles.